The molecule has 0 unspecified atom stereocenters. The highest BCUT2D eigenvalue weighted by molar-refractivity contribution is 5.85. The number of unbranched alkanes of at least 4 members (excludes halogenated alkanes) is 4. The van der Waals surface area contributed by atoms with Crippen LogP contribution in [-0.4, -0.2) is 47.8 Å². The van der Waals surface area contributed by atoms with Gasteiger partial charge in [-0.25, -0.2) is 9.97 Å². The number of anilines is 1. The Kier molecular flexibility index (Phi) is 8.19. The van der Waals surface area contributed by atoms with E-state index in [4.69, 9.17) is 19.4 Å². The number of rotatable bonds is 9. The van der Waals surface area contributed by atoms with Crippen molar-refractivity contribution in [2.75, 3.05) is 24.6 Å². The number of nitriles is 1. The summed E-state index contributed by atoms with van der Waals surface area (Å²) in [6.45, 7) is 7.74. The summed E-state index contributed by atoms with van der Waals surface area (Å²) in [5, 5.41) is 9.86. The van der Waals surface area contributed by atoms with Crippen molar-refractivity contribution in [3.63, 3.8) is 0 Å². The Hall–Kier alpha value is -2.72. The summed E-state index contributed by atoms with van der Waals surface area (Å²) < 4.78 is 11.3. The van der Waals surface area contributed by atoms with Crippen LogP contribution in [0.4, 0.5) is 5.82 Å². The highest BCUT2D eigenvalue weighted by atomic mass is 16.5. The molecule has 31 heavy (non-hydrogen) atoms. The SMILES string of the molecule is CCCCCCCOC(=O)[C@@H](C#N)c1nc2ccccc2nc1N1C[C@@H](C)O[C@@H](C)C1. The van der Waals surface area contributed by atoms with Crippen molar-refractivity contribution in [3.05, 3.63) is 30.0 Å². The first-order valence-electron chi connectivity index (χ1n) is 11.3. The fraction of sp³-hybridized carbons (Fsp3) is 0.583. The van der Waals surface area contributed by atoms with Gasteiger partial charge in [-0.3, -0.25) is 4.79 Å². The largest absolute Gasteiger partial charge is 0.464 e. The summed E-state index contributed by atoms with van der Waals surface area (Å²) in [6.07, 6.45) is 5.32. The number of carbonyl (C=O) groups is 1. The van der Waals surface area contributed by atoms with Gasteiger partial charge in [0.05, 0.1) is 35.9 Å². The molecule has 0 spiro atoms. The summed E-state index contributed by atoms with van der Waals surface area (Å²) >= 11 is 0. The van der Waals surface area contributed by atoms with Gasteiger partial charge >= 0.3 is 5.97 Å². The first-order valence-corrected chi connectivity index (χ1v) is 11.3. The molecule has 1 saturated heterocycles. The topological polar surface area (TPSA) is 88.3 Å². The third-order valence-corrected chi connectivity index (χ3v) is 5.43. The van der Waals surface area contributed by atoms with Gasteiger partial charge in [-0.1, -0.05) is 44.7 Å². The van der Waals surface area contributed by atoms with Gasteiger partial charge in [-0.05, 0) is 32.4 Å². The van der Waals surface area contributed by atoms with Gasteiger partial charge in [0.25, 0.3) is 0 Å². The smallest absolute Gasteiger partial charge is 0.329 e. The van der Waals surface area contributed by atoms with Crippen LogP contribution in [0.1, 0.15) is 64.5 Å². The molecule has 0 bridgehead atoms. The Morgan fingerprint density at radius 1 is 1.16 bits per heavy atom. The number of para-hydroxylation sites is 2. The normalized spacial score (nSPS) is 19.7. The molecule has 0 aliphatic carbocycles. The van der Waals surface area contributed by atoms with Crippen LogP contribution in [0, 0.1) is 11.3 Å². The molecule has 0 radical (unpaired) electrons. The minimum absolute atomic E-state index is 0.0143. The van der Waals surface area contributed by atoms with Gasteiger partial charge < -0.3 is 14.4 Å². The fourth-order valence-electron chi connectivity index (χ4n) is 3.97. The predicted molar refractivity (Wildman–Crippen MR) is 120 cm³/mol. The maximum absolute atomic E-state index is 12.8. The van der Waals surface area contributed by atoms with Crippen molar-refractivity contribution in [2.24, 2.45) is 0 Å². The molecule has 2 aromatic rings. The zero-order chi connectivity index (χ0) is 22.2. The van der Waals surface area contributed by atoms with Crippen LogP contribution >= 0.6 is 0 Å². The summed E-state index contributed by atoms with van der Waals surface area (Å²) in [4.78, 5) is 24.4. The molecule has 1 aromatic heterocycles. The molecular formula is C24H32N4O3. The molecule has 7 heteroatoms. The number of morpholine rings is 1. The summed E-state index contributed by atoms with van der Waals surface area (Å²) in [5.74, 6) is -1.11. The lowest BCUT2D eigenvalue weighted by molar-refractivity contribution is -0.144. The Morgan fingerprint density at radius 2 is 1.81 bits per heavy atom. The summed E-state index contributed by atoms with van der Waals surface area (Å²) in [7, 11) is 0. The lowest BCUT2D eigenvalue weighted by atomic mass is 10.1. The van der Waals surface area contributed by atoms with Gasteiger partial charge in [0, 0.05) is 13.1 Å². The molecule has 7 nitrogen and oxygen atoms in total. The van der Waals surface area contributed by atoms with Crippen LogP contribution in [0.25, 0.3) is 11.0 Å². The van der Waals surface area contributed by atoms with Crippen LogP contribution in [0.5, 0.6) is 0 Å². The molecule has 3 rings (SSSR count). The second kappa shape index (κ2) is 11.1. The number of esters is 1. The molecule has 166 valence electrons. The van der Waals surface area contributed by atoms with Crippen LogP contribution in [0.15, 0.2) is 24.3 Å². The second-order valence-electron chi connectivity index (χ2n) is 8.23. The Labute approximate surface area is 184 Å². The molecule has 0 saturated carbocycles. The second-order valence-corrected chi connectivity index (χ2v) is 8.23. The van der Waals surface area contributed by atoms with Crippen LogP contribution in [0.2, 0.25) is 0 Å². The molecule has 2 heterocycles. The van der Waals surface area contributed by atoms with Crippen molar-refractivity contribution in [2.45, 2.75) is 71.0 Å². The Balaban J connectivity index is 1.85. The zero-order valence-corrected chi connectivity index (χ0v) is 18.7. The lowest BCUT2D eigenvalue weighted by Gasteiger charge is -2.37. The van der Waals surface area contributed by atoms with Gasteiger partial charge in [0.15, 0.2) is 11.7 Å². The average molecular weight is 425 g/mol. The Morgan fingerprint density at radius 3 is 2.45 bits per heavy atom. The number of hydrogen-bond acceptors (Lipinski definition) is 7. The van der Waals surface area contributed by atoms with E-state index in [-0.39, 0.29) is 12.2 Å². The third-order valence-electron chi connectivity index (χ3n) is 5.43. The Bertz CT molecular complexity index is 917. The number of aromatic nitrogens is 2. The number of carbonyl (C=O) groups excluding carboxylic acids is 1. The first kappa shape index (κ1) is 23.0. The quantitative estimate of drug-likeness (QED) is 0.436. The highest BCUT2D eigenvalue weighted by Gasteiger charge is 2.32. The molecule has 0 N–H and O–H groups in total. The number of ether oxygens (including phenoxy) is 2. The van der Waals surface area contributed by atoms with Crippen LogP contribution in [-0.2, 0) is 14.3 Å². The minimum atomic E-state index is -1.11. The van der Waals surface area contributed by atoms with Gasteiger partial charge in [-0.15, -0.1) is 0 Å². The van der Waals surface area contributed by atoms with Crippen molar-refractivity contribution < 1.29 is 14.3 Å². The van der Waals surface area contributed by atoms with Crippen molar-refractivity contribution in [1.29, 1.82) is 5.26 Å². The molecule has 3 atom stereocenters. The summed E-state index contributed by atoms with van der Waals surface area (Å²) in [6, 6.07) is 9.61. The van der Waals surface area contributed by atoms with Crippen molar-refractivity contribution in [3.8, 4) is 6.07 Å². The molecule has 1 fully saturated rings. The maximum atomic E-state index is 12.8. The van der Waals surface area contributed by atoms with E-state index in [1.54, 1.807) is 0 Å². The monoisotopic (exact) mass is 424 g/mol. The van der Waals surface area contributed by atoms with E-state index in [1.807, 2.05) is 38.1 Å². The summed E-state index contributed by atoms with van der Waals surface area (Å²) in [5.41, 5.74) is 1.75. The third kappa shape index (κ3) is 5.92. The average Bonchev–Trinajstić information content (AvgIpc) is 2.75. The van der Waals surface area contributed by atoms with Crippen LogP contribution in [0.3, 0.4) is 0 Å². The van der Waals surface area contributed by atoms with E-state index in [0.29, 0.717) is 36.7 Å². The predicted octanol–water partition coefficient (Wildman–Crippen LogP) is 4.36. The maximum Gasteiger partial charge on any atom is 0.329 e. The van der Waals surface area contributed by atoms with Gasteiger partial charge in [-0.2, -0.15) is 5.26 Å². The minimum Gasteiger partial charge on any atom is -0.464 e. The number of fused-ring (bicyclic) bond motifs is 1. The number of hydrogen-bond donors (Lipinski definition) is 0. The standard InChI is InChI=1S/C24H32N4O3/c1-4-5-6-7-10-13-30-24(29)19(14-25)22-23(28-15-17(2)31-18(3)16-28)27-21-12-9-8-11-20(21)26-22/h8-9,11-12,17-19H,4-7,10,13,15-16H2,1-3H3/t17-,18+,19-/m0/s1. The highest BCUT2D eigenvalue weighted by Crippen LogP contribution is 2.30. The van der Waals surface area contributed by atoms with E-state index in [9.17, 15) is 10.1 Å². The fourth-order valence-corrected chi connectivity index (χ4v) is 3.97. The zero-order valence-electron chi connectivity index (χ0n) is 18.7. The molecule has 0 amide bonds. The lowest BCUT2D eigenvalue weighted by Crippen LogP contribution is -2.46. The molecule has 1 aliphatic rings. The van der Waals surface area contributed by atoms with Gasteiger partial charge in [0.1, 0.15) is 5.69 Å². The van der Waals surface area contributed by atoms with E-state index >= 15 is 0 Å². The number of nitrogens with zero attached hydrogens (tertiary/aromatic N) is 4. The number of benzene rings is 1. The van der Waals surface area contributed by atoms with Crippen LogP contribution < -0.4 is 4.90 Å². The van der Waals surface area contributed by atoms with Gasteiger partial charge in [0.2, 0.25) is 0 Å². The van der Waals surface area contributed by atoms with Crippen molar-refractivity contribution >= 4 is 22.8 Å². The first-order chi connectivity index (χ1) is 15.0. The molecular weight excluding hydrogens is 392 g/mol. The van der Waals surface area contributed by atoms with E-state index in [1.165, 1.54) is 12.8 Å². The van der Waals surface area contributed by atoms with E-state index in [2.05, 4.69) is 17.9 Å². The molecule has 1 aliphatic heterocycles. The van der Waals surface area contributed by atoms with Crippen molar-refractivity contribution in [1.82, 2.24) is 9.97 Å². The van der Waals surface area contributed by atoms with E-state index in [0.717, 1.165) is 24.8 Å². The van der Waals surface area contributed by atoms with E-state index < -0.39 is 11.9 Å². The molecule has 1 aromatic carbocycles.